The van der Waals surface area contributed by atoms with E-state index in [1.807, 2.05) is 13.8 Å². The van der Waals surface area contributed by atoms with E-state index >= 15 is 0 Å². The minimum absolute atomic E-state index is 0.0663. The summed E-state index contributed by atoms with van der Waals surface area (Å²) in [6, 6.07) is -0.275. The van der Waals surface area contributed by atoms with Gasteiger partial charge in [0, 0.05) is 0 Å². The second-order valence-electron chi connectivity index (χ2n) is 3.76. The number of carbonyl (C=O) groups is 1. The van der Waals surface area contributed by atoms with Crippen molar-refractivity contribution in [1.29, 1.82) is 0 Å². The number of hydrogen-bond donors (Lipinski definition) is 2. The van der Waals surface area contributed by atoms with Gasteiger partial charge in [0.1, 0.15) is 11.7 Å². The first kappa shape index (κ1) is 10.2. The van der Waals surface area contributed by atoms with Crippen LogP contribution in [0.4, 0.5) is 11.5 Å². The Kier molecular flexibility index (Phi) is 2.48. The van der Waals surface area contributed by atoms with Crippen LogP contribution in [0.15, 0.2) is 6.20 Å². The Bertz CT molecular complexity index is 407. The number of nitrogens with zero attached hydrogens (tertiary/aromatic N) is 2. The molecular weight excluding hydrogens is 216 g/mol. The van der Waals surface area contributed by atoms with Gasteiger partial charge in [-0.25, -0.2) is 4.98 Å². The zero-order valence-electron chi connectivity index (χ0n) is 8.41. The summed E-state index contributed by atoms with van der Waals surface area (Å²) in [4.78, 5) is 19.4. The van der Waals surface area contributed by atoms with Crippen molar-refractivity contribution in [2.75, 3.05) is 10.6 Å². The van der Waals surface area contributed by atoms with Crippen LogP contribution in [0.25, 0.3) is 0 Å². The summed E-state index contributed by atoms with van der Waals surface area (Å²) in [5.74, 6) is 0.698. The van der Waals surface area contributed by atoms with E-state index in [2.05, 4.69) is 20.6 Å². The predicted molar refractivity (Wildman–Crippen MR) is 57.9 cm³/mol. The monoisotopic (exact) mass is 226 g/mol. The summed E-state index contributed by atoms with van der Waals surface area (Å²) >= 11 is 5.67. The number of halogens is 1. The van der Waals surface area contributed by atoms with Crippen molar-refractivity contribution in [1.82, 2.24) is 9.97 Å². The quantitative estimate of drug-likeness (QED) is 0.713. The average Bonchev–Trinajstić information content (AvgIpc) is 2.17. The summed E-state index contributed by atoms with van der Waals surface area (Å²) in [5.41, 5.74) is 0.571. The number of aromatic nitrogens is 2. The number of nitrogens with one attached hydrogen (secondary N) is 2. The first-order valence-electron chi connectivity index (χ1n) is 4.68. The van der Waals surface area contributed by atoms with E-state index in [1.165, 1.54) is 6.20 Å². The lowest BCUT2D eigenvalue weighted by Crippen LogP contribution is -2.42. The van der Waals surface area contributed by atoms with Gasteiger partial charge in [-0.1, -0.05) is 13.8 Å². The van der Waals surface area contributed by atoms with E-state index < -0.39 is 0 Å². The Morgan fingerprint density at radius 2 is 2.27 bits per heavy atom. The number of carbonyl (C=O) groups excluding carboxylic acids is 1. The van der Waals surface area contributed by atoms with Crippen molar-refractivity contribution < 1.29 is 4.79 Å². The van der Waals surface area contributed by atoms with Gasteiger partial charge in [0.05, 0.1) is 6.20 Å². The molecule has 15 heavy (non-hydrogen) atoms. The normalized spacial score (nSPS) is 19.5. The largest absolute Gasteiger partial charge is 0.356 e. The smallest absolute Gasteiger partial charge is 0.247 e. The molecular formula is C9H11ClN4O. The highest BCUT2D eigenvalue weighted by Crippen LogP contribution is 2.26. The standard InChI is InChI=1S/C9H11ClN4O/c1-4(2)6-8(15)12-5-3-11-9(10)14-7(5)13-6/h3-4,6H,1-2H3,(H,12,15)(H,11,13,14). The third kappa shape index (κ3) is 1.87. The summed E-state index contributed by atoms with van der Waals surface area (Å²) in [7, 11) is 0. The number of hydrogen-bond acceptors (Lipinski definition) is 4. The fourth-order valence-corrected chi connectivity index (χ4v) is 1.59. The molecule has 1 aliphatic heterocycles. The Morgan fingerprint density at radius 3 is 2.93 bits per heavy atom. The van der Waals surface area contributed by atoms with Crippen LogP contribution in [-0.2, 0) is 4.79 Å². The van der Waals surface area contributed by atoms with Crippen LogP contribution in [0.1, 0.15) is 13.8 Å². The maximum Gasteiger partial charge on any atom is 0.247 e. The maximum absolute atomic E-state index is 11.6. The van der Waals surface area contributed by atoms with Crippen molar-refractivity contribution in [3.63, 3.8) is 0 Å². The second kappa shape index (κ2) is 3.66. The number of rotatable bonds is 1. The van der Waals surface area contributed by atoms with E-state index in [0.717, 1.165) is 0 Å². The van der Waals surface area contributed by atoms with Gasteiger partial charge in [-0.3, -0.25) is 4.79 Å². The zero-order chi connectivity index (χ0) is 11.0. The summed E-state index contributed by atoms with van der Waals surface area (Å²) < 4.78 is 0. The molecule has 5 nitrogen and oxygen atoms in total. The molecule has 1 aromatic heterocycles. The molecule has 0 aromatic carbocycles. The second-order valence-corrected chi connectivity index (χ2v) is 4.09. The van der Waals surface area contributed by atoms with Gasteiger partial charge >= 0.3 is 0 Å². The molecule has 0 bridgehead atoms. The van der Waals surface area contributed by atoms with Crippen molar-refractivity contribution in [3.05, 3.63) is 11.5 Å². The molecule has 2 heterocycles. The van der Waals surface area contributed by atoms with Crippen molar-refractivity contribution >= 4 is 29.0 Å². The minimum Gasteiger partial charge on any atom is -0.356 e. The van der Waals surface area contributed by atoms with Gasteiger partial charge in [-0.15, -0.1) is 0 Å². The van der Waals surface area contributed by atoms with Crippen LogP contribution in [-0.4, -0.2) is 21.9 Å². The van der Waals surface area contributed by atoms with Gasteiger partial charge < -0.3 is 10.6 Å². The molecule has 1 amide bonds. The van der Waals surface area contributed by atoms with Crippen LogP contribution in [0, 0.1) is 5.92 Å². The maximum atomic E-state index is 11.6. The fraction of sp³-hybridized carbons (Fsp3) is 0.444. The van der Waals surface area contributed by atoms with E-state index in [0.29, 0.717) is 11.5 Å². The van der Waals surface area contributed by atoms with Gasteiger partial charge in [-0.05, 0) is 17.5 Å². The van der Waals surface area contributed by atoms with E-state index in [9.17, 15) is 4.79 Å². The van der Waals surface area contributed by atoms with Crippen LogP contribution < -0.4 is 10.6 Å². The van der Waals surface area contributed by atoms with Gasteiger partial charge in [0.25, 0.3) is 0 Å². The first-order chi connectivity index (χ1) is 7.08. The van der Waals surface area contributed by atoms with E-state index in [-0.39, 0.29) is 23.2 Å². The predicted octanol–water partition coefficient (Wildman–Crippen LogP) is 1.52. The minimum atomic E-state index is -0.275. The van der Waals surface area contributed by atoms with E-state index in [1.54, 1.807) is 0 Å². The molecule has 1 aromatic rings. The summed E-state index contributed by atoms with van der Waals surface area (Å²) in [5, 5.41) is 5.94. The number of fused-ring (bicyclic) bond motifs is 1. The van der Waals surface area contributed by atoms with Gasteiger partial charge in [0.15, 0.2) is 5.82 Å². The molecule has 0 fully saturated rings. The SMILES string of the molecule is CC(C)C1Nc2nc(Cl)ncc2NC1=O. The lowest BCUT2D eigenvalue weighted by molar-refractivity contribution is -0.117. The Morgan fingerprint density at radius 1 is 1.53 bits per heavy atom. The highest BCUT2D eigenvalue weighted by molar-refractivity contribution is 6.28. The molecule has 80 valence electrons. The molecule has 1 atom stereocenters. The Labute approximate surface area is 92.3 Å². The van der Waals surface area contributed by atoms with Crippen LogP contribution in [0.3, 0.4) is 0 Å². The lowest BCUT2D eigenvalue weighted by Gasteiger charge is -2.27. The molecule has 0 saturated carbocycles. The summed E-state index contributed by atoms with van der Waals surface area (Å²) in [6.07, 6.45) is 1.49. The van der Waals surface area contributed by atoms with Crippen LogP contribution >= 0.6 is 11.6 Å². The molecule has 1 aliphatic rings. The number of anilines is 2. The molecule has 0 saturated heterocycles. The first-order valence-corrected chi connectivity index (χ1v) is 5.05. The Balaban J connectivity index is 2.34. The molecule has 2 rings (SSSR count). The fourth-order valence-electron chi connectivity index (χ4n) is 1.45. The molecule has 6 heteroatoms. The lowest BCUT2D eigenvalue weighted by atomic mass is 10.0. The molecule has 1 unspecified atom stereocenters. The third-order valence-electron chi connectivity index (χ3n) is 2.26. The topological polar surface area (TPSA) is 66.9 Å². The van der Waals surface area contributed by atoms with Crippen molar-refractivity contribution in [3.8, 4) is 0 Å². The van der Waals surface area contributed by atoms with Gasteiger partial charge in [-0.2, -0.15) is 4.98 Å². The highest BCUT2D eigenvalue weighted by atomic mass is 35.5. The molecule has 0 aliphatic carbocycles. The molecule has 2 N–H and O–H groups in total. The highest BCUT2D eigenvalue weighted by Gasteiger charge is 2.28. The molecule has 0 spiro atoms. The average molecular weight is 227 g/mol. The summed E-state index contributed by atoms with van der Waals surface area (Å²) in [6.45, 7) is 3.93. The zero-order valence-corrected chi connectivity index (χ0v) is 9.17. The van der Waals surface area contributed by atoms with Crippen LogP contribution in [0.2, 0.25) is 5.28 Å². The molecule has 0 radical (unpaired) electrons. The third-order valence-corrected chi connectivity index (χ3v) is 2.44. The van der Waals surface area contributed by atoms with Crippen LogP contribution in [0.5, 0.6) is 0 Å². The van der Waals surface area contributed by atoms with Crippen molar-refractivity contribution in [2.45, 2.75) is 19.9 Å². The number of amides is 1. The van der Waals surface area contributed by atoms with E-state index in [4.69, 9.17) is 11.6 Å². The van der Waals surface area contributed by atoms with Gasteiger partial charge in [0.2, 0.25) is 11.2 Å². The Hall–Kier alpha value is -1.36. The van der Waals surface area contributed by atoms with Crippen molar-refractivity contribution in [2.24, 2.45) is 5.92 Å².